The lowest BCUT2D eigenvalue weighted by Gasteiger charge is -2.09. The second-order valence-electron chi connectivity index (χ2n) is 2.92. The van der Waals surface area contributed by atoms with Crippen molar-refractivity contribution in [2.45, 2.75) is 19.4 Å². The molecule has 4 nitrogen and oxygen atoms in total. The third-order valence-corrected chi connectivity index (χ3v) is 2.54. The van der Waals surface area contributed by atoms with Crippen molar-refractivity contribution < 1.29 is 9.90 Å². The predicted molar refractivity (Wildman–Crippen MR) is 56.1 cm³/mol. The first-order valence-corrected chi connectivity index (χ1v) is 4.99. The Morgan fingerprint density at radius 1 is 1.79 bits per heavy atom. The molecule has 0 unspecified atom stereocenters. The van der Waals surface area contributed by atoms with Gasteiger partial charge in [0.25, 0.3) is 0 Å². The number of carboxylic acid groups (broad SMARTS) is 1. The smallest absolute Gasteiger partial charge is 0.355 e. The highest BCUT2D eigenvalue weighted by Crippen LogP contribution is 2.20. The fourth-order valence-electron chi connectivity index (χ4n) is 1.05. The predicted octanol–water partition coefficient (Wildman–Crippen LogP) is 1.95. The zero-order valence-corrected chi connectivity index (χ0v) is 9.28. The van der Waals surface area contributed by atoms with E-state index in [0.29, 0.717) is 4.47 Å². The molecule has 1 rings (SSSR count). The van der Waals surface area contributed by atoms with Crippen molar-refractivity contribution in [2.75, 3.05) is 0 Å². The van der Waals surface area contributed by atoms with Crippen LogP contribution in [0.5, 0.6) is 0 Å². The number of hydrogen-bond donors (Lipinski definition) is 2. The molecule has 1 atom stereocenters. The molecule has 0 aromatic carbocycles. The van der Waals surface area contributed by atoms with Crippen LogP contribution < -0.4 is 5.73 Å². The summed E-state index contributed by atoms with van der Waals surface area (Å²) in [6.45, 7) is 1.96. The van der Waals surface area contributed by atoms with Crippen molar-refractivity contribution in [1.29, 1.82) is 0 Å². The molecule has 0 spiro atoms. The Balaban J connectivity index is 3.06. The van der Waals surface area contributed by atoms with E-state index in [-0.39, 0.29) is 11.7 Å². The van der Waals surface area contributed by atoms with E-state index < -0.39 is 5.97 Å². The van der Waals surface area contributed by atoms with E-state index in [1.807, 2.05) is 6.92 Å². The fraction of sp³-hybridized carbons (Fsp3) is 0.333. The van der Waals surface area contributed by atoms with Crippen LogP contribution in [0, 0.1) is 0 Å². The standard InChI is InChI=1S/C9H11BrN2O2/c1-2-7(11)5-3-6(10)8(9(13)14)12-4-5/h3-4,7H,2,11H2,1H3,(H,13,14)/t7-/m0/s1. The zero-order valence-electron chi connectivity index (χ0n) is 7.70. The summed E-state index contributed by atoms with van der Waals surface area (Å²) in [5, 5.41) is 8.73. The number of carbonyl (C=O) groups is 1. The highest BCUT2D eigenvalue weighted by molar-refractivity contribution is 9.10. The number of carboxylic acids is 1. The number of nitrogens with two attached hydrogens (primary N) is 1. The zero-order chi connectivity index (χ0) is 10.7. The number of aromatic carboxylic acids is 1. The Hall–Kier alpha value is -0.940. The first-order chi connectivity index (χ1) is 6.56. The quantitative estimate of drug-likeness (QED) is 0.869. The third-order valence-electron chi connectivity index (χ3n) is 1.93. The molecule has 0 aliphatic rings. The van der Waals surface area contributed by atoms with E-state index in [1.165, 1.54) is 6.20 Å². The molecule has 1 heterocycles. The van der Waals surface area contributed by atoms with Crippen molar-refractivity contribution in [3.63, 3.8) is 0 Å². The van der Waals surface area contributed by atoms with E-state index in [4.69, 9.17) is 10.8 Å². The normalized spacial score (nSPS) is 12.5. The van der Waals surface area contributed by atoms with Crippen LogP contribution in [0.25, 0.3) is 0 Å². The van der Waals surface area contributed by atoms with Crippen LogP contribution in [0.2, 0.25) is 0 Å². The maximum atomic E-state index is 10.6. The van der Waals surface area contributed by atoms with E-state index in [9.17, 15) is 4.79 Å². The van der Waals surface area contributed by atoms with Gasteiger partial charge in [-0.15, -0.1) is 0 Å². The van der Waals surface area contributed by atoms with Gasteiger partial charge in [0, 0.05) is 12.2 Å². The molecule has 0 fully saturated rings. The maximum Gasteiger partial charge on any atom is 0.355 e. The van der Waals surface area contributed by atoms with Crippen molar-refractivity contribution in [3.05, 3.63) is 28.0 Å². The molecule has 1 aromatic heterocycles. The van der Waals surface area contributed by atoms with Crippen molar-refractivity contribution in [1.82, 2.24) is 4.98 Å². The number of pyridine rings is 1. The number of rotatable bonds is 3. The van der Waals surface area contributed by atoms with Crippen molar-refractivity contribution >= 4 is 21.9 Å². The number of hydrogen-bond acceptors (Lipinski definition) is 3. The lowest BCUT2D eigenvalue weighted by Crippen LogP contribution is -2.10. The minimum Gasteiger partial charge on any atom is -0.476 e. The molecule has 0 aliphatic carbocycles. The summed E-state index contributed by atoms with van der Waals surface area (Å²) in [6, 6.07) is 1.60. The second-order valence-corrected chi connectivity index (χ2v) is 3.77. The van der Waals surface area contributed by atoms with Crippen LogP contribution in [-0.2, 0) is 0 Å². The summed E-state index contributed by atoms with van der Waals surface area (Å²) in [4.78, 5) is 14.5. The SMILES string of the molecule is CC[C@H](N)c1cnc(C(=O)O)c(Br)c1. The largest absolute Gasteiger partial charge is 0.476 e. The Kier molecular flexibility index (Phi) is 3.60. The van der Waals surface area contributed by atoms with Crippen LogP contribution >= 0.6 is 15.9 Å². The average Bonchev–Trinajstić information content (AvgIpc) is 2.15. The molecule has 76 valence electrons. The minimum atomic E-state index is -1.05. The summed E-state index contributed by atoms with van der Waals surface area (Å²) in [5.41, 5.74) is 6.63. The summed E-state index contributed by atoms with van der Waals surface area (Å²) >= 11 is 3.15. The van der Waals surface area contributed by atoms with Gasteiger partial charge >= 0.3 is 5.97 Å². The summed E-state index contributed by atoms with van der Waals surface area (Å²) in [5.74, 6) is -1.05. The van der Waals surface area contributed by atoms with Gasteiger partial charge in [0.15, 0.2) is 5.69 Å². The van der Waals surface area contributed by atoms with Crippen LogP contribution in [0.15, 0.2) is 16.7 Å². The molecule has 0 radical (unpaired) electrons. The van der Waals surface area contributed by atoms with Crippen LogP contribution in [-0.4, -0.2) is 16.1 Å². The van der Waals surface area contributed by atoms with Gasteiger partial charge in [-0.25, -0.2) is 9.78 Å². The molecule has 0 bridgehead atoms. The van der Waals surface area contributed by atoms with Gasteiger partial charge in [-0.05, 0) is 34.0 Å². The van der Waals surface area contributed by atoms with Crippen molar-refractivity contribution in [3.8, 4) is 0 Å². The van der Waals surface area contributed by atoms with E-state index in [2.05, 4.69) is 20.9 Å². The minimum absolute atomic E-state index is 0.0112. The summed E-state index contributed by atoms with van der Waals surface area (Å²) in [6.07, 6.45) is 2.29. The van der Waals surface area contributed by atoms with Gasteiger partial charge in [-0.1, -0.05) is 6.92 Å². The number of nitrogens with zero attached hydrogens (tertiary/aromatic N) is 1. The Morgan fingerprint density at radius 3 is 2.86 bits per heavy atom. The second kappa shape index (κ2) is 4.52. The van der Waals surface area contributed by atoms with Gasteiger partial charge < -0.3 is 10.8 Å². The molecule has 0 amide bonds. The highest BCUT2D eigenvalue weighted by atomic mass is 79.9. The molecule has 1 aromatic rings. The lowest BCUT2D eigenvalue weighted by atomic mass is 10.1. The highest BCUT2D eigenvalue weighted by Gasteiger charge is 2.12. The molecule has 0 saturated carbocycles. The summed E-state index contributed by atoms with van der Waals surface area (Å²) in [7, 11) is 0. The van der Waals surface area contributed by atoms with Gasteiger partial charge in [-0.3, -0.25) is 0 Å². The van der Waals surface area contributed by atoms with Crippen LogP contribution in [0.3, 0.4) is 0 Å². The van der Waals surface area contributed by atoms with Crippen LogP contribution in [0.4, 0.5) is 0 Å². The van der Waals surface area contributed by atoms with E-state index in [1.54, 1.807) is 6.07 Å². The maximum absolute atomic E-state index is 10.6. The number of aromatic nitrogens is 1. The number of halogens is 1. The molecule has 0 saturated heterocycles. The lowest BCUT2D eigenvalue weighted by molar-refractivity contribution is 0.0689. The van der Waals surface area contributed by atoms with Gasteiger partial charge in [-0.2, -0.15) is 0 Å². The average molecular weight is 259 g/mol. The Morgan fingerprint density at radius 2 is 2.43 bits per heavy atom. The van der Waals surface area contributed by atoms with Crippen LogP contribution in [0.1, 0.15) is 35.4 Å². The van der Waals surface area contributed by atoms with Crippen molar-refractivity contribution in [2.24, 2.45) is 5.73 Å². The van der Waals surface area contributed by atoms with E-state index >= 15 is 0 Å². The Bertz CT molecular complexity index is 355. The first-order valence-electron chi connectivity index (χ1n) is 4.20. The van der Waals surface area contributed by atoms with E-state index in [0.717, 1.165) is 12.0 Å². The topological polar surface area (TPSA) is 76.2 Å². The molecule has 14 heavy (non-hydrogen) atoms. The molecular formula is C9H11BrN2O2. The molecule has 3 N–H and O–H groups in total. The first kappa shape index (κ1) is 11.1. The van der Waals surface area contributed by atoms with Gasteiger partial charge in [0.05, 0.1) is 4.47 Å². The van der Waals surface area contributed by atoms with Gasteiger partial charge in [0.1, 0.15) is 0 Å². The fourth-order valence-corrected chi connectivity index (χ4v) is 1.58. The molecule has 0 aliphatic heterocycles. The van der Waals surface area contributed by atoms with Gasteiger partial charge in [0.2, 0.25) is 0 Å². The monoisotopic (exact) mass is 258 g/mol. The molecule has 5 heteroatoms. The summed E-state index contributed by atoms with van der Waals surface area (Å²) < 4.78 is 0.464. The third kappa shape index (κ3) is 2.30. The molecular weight excluding hydrogens is 248 g/mol. The Labute approximate surface area is 90.3 Å².